The highest BCUT2D eigenvalue weighted by molar-refractivity contribution is 5.90. The van der Waals surface area contributed by atoms with E-state index in [1.54, 1.807) is 6.92 Å². The summed E-state index contributed by atoms with van der Waals surface area (Å²) in [5.41, 5.74) is 4.19. The summed E-state index contributed by atoms with van der Waals surface area (Å²) in [6, 6.07) is 12.9. The van der Waals surface area contributed by atoms with Gasteiger partial charge in [-0.05, 0) is 28.7 Å². The van der Waals surface area contributed by atoms with Gasteiger partial charge in [0.1, 0.15) is 18.7 Å². The van der Waals surface area contributed by atoms with Crippen molar-refractivity contribution >= 4 is 18.0 Å². The number of benzene rings is 2. The molecule has 2 aliphatic rings. The quantitative estimate of drug-likeness (QED) is 0.689. The molecule has 1 aliphatic carbocycles. The van der Waals surface area contributed by atoms with Gasteiger partial charge in [-0.1, -0.05) is 55.5 Å². The fourth-order valence-corrected chi connectivity index (χ4v) is 4.59. The number of likely N-dealkylation sites (tertiary alicyclic amines) is 1. The molecule has 1 fully saturated rings. The van der Waals surface area contributed by atoms with E-state index in [0.29, 0.717) is 4.90 Å². The summed E-state index contributed by atoms with van der Waals surface area (Å²) in [5.74, 6) is -5.83. The van der Waals surface area contributed by atoms with Crippen LogP contribution in [-0.2, 0) is 14.3 Å². The molecule has 1 saturated heterocycles. The SMILES string of the molecule is CC[C@H](NC(=O)OCC1c2ccccc2-c2ccccc21)C(=O)N1CC(F)(F)C[C@H]1C(=O)O. The number of carboxylic acids is 1. The maximum Gasteiger partial charge on any atom is 0.407 e. The van der Waals surface area contributed by atoms with E-state index >= 15 is 0 Å². The summed E-state index contributed by atoms with van der Waals surface area (Å²) < 4.78 is 32.9. The minimum absolute atomic E-state index is 0.0318. The average molecular weight is 458 g/mol. The fraction of sp³-hybridized carbons (Fsp3) is 0.375. The third-order valence-corrected chi connectivity index (χ3v) is 6.18. The normalized spacial score (nSPS) is 19.5. The van der Waals surface area contributed by atoms with Crippen molar-refractivity contribution in [3.63, 3.8) is 0 Å². The summed E-state index contributed by atoms with van der Waals surface area (Å²) in [6.07, 6.45) is -1.72. The van der Waals surface area contributed by atoms with Gasteiger partial charge in [0.2, 0.25) is 5.91 Å². The Kier molecular flexibility index (Phi) is 6.05. The zero-order valence-corrected chi connectivity index (χ0v) is 18.0. The van der Waals surface area contributed by atoms with Crippen molar-refractivity contribution in [2.24, 2.45) is 0 Å². The number of nitrogens with one attached hydrogen (secondary N) is 1. The standard InChI is InChI=1S/C24H24F2N2O5/c1-2-19(21(29)28-13-24(25,26)11-20(28)22(30)31)27-23(32)33-12-18-16-9-5-3-7-14(16)15-8-4-6-10-17(15)18/h3-10,18-20H,2,11-13H2,1H3,(H,27,32)(H,30,31)/t19-,20-/m0/s1. The lowest BCUT2D eigenvalue weighted by Gasteiger charge is -2.26. The number of carbonyl (C=O) groups excluding carboxylic acids is 2. The monoisotopic (exact) mass is 458 g/mol. The number of rotatable bonds is 6. The Morgan fingerprint density at radius 1 is 1.12 bits per heavy atom. The molecule has 1 aliphatic heterocycles. The first kappa shape index (κ1) is 22.7. The third-order valence-electron chi connectivity index (χ3n) is 6.18. The van der Waals surface area contributed by atoms with Crippen LogP contribution in [0.1, 0.15) is 36.8 Å². The number of hydrogen-bond donors (Lipinski definition) is 2. The number of halogens is 2. The molecule has 0 bridgehead atoms. The number of nitrogens with zero attached hydrogens (tertiary/aromatic N) is 1. The second kappa shape index (κ2) is 8.80. The lowest BCUT2D eigenvalue weighted by molar-refractivity contribution is -0.149. The summed E-state index contributed by atoms with van der Waals surface area (Å²) in [5, 5.41) is 11.6. The zero-order valence-electron chi connectivity index (χ0n) is 18.0. The smallest absolute Gasteiger partial charge is 0.407 e. The van der Waals surface area contributed by atoms with Gasteiger partial charge in [-0.15, -0.1) is 0 Å². The van der Waals surface area contributed by atoms with Gasteiger partial charge < -0.3 is 20.1 Å². The number of alkyl halides is 2. The summed E-state index contributed by atoms with van der Waals surface area (Å²) in [7, 11) is 0. The summed E-state index contributed by atoms with van der Waals surface area (Å²) >= 11 is 0. The van der Waals surface area contributed by atoms with Gasteiger partial charge in [0.05, 0.1) is 6.54 Å². The highest BCUT2D eigenvalue weighted by atomic mass is 19.3. The first-order chi connectivity index (χ1) is 15.7. The number of hydrogen-bond acceptors (Lipinski definition) is 4. The van der Waals surface area contributed by atoms with E-state index in [9.17, 15) is 28.3 Å². The molecule has 0 aromatic heterocycles. The van der Waals surface area contributed by atoms with Crippen LogP contribution in [0.25, 0.3) is 11.1 Å². The van der Waals surface area contributed by atoms with E-state index in [-0.39, 0.29) is 18.9 Å². The highest BCUT2D eigenvalue weighted by Crippen LogP contribution is 2.44. The van der Waals surface area contributed by atoms with Gasteiger partial charge in [-0.2, -0.15) is 0 Å². The minimum atomic E-state index is -3.29. The number of alkyl carbamates (subject to hydrolysis) is 1. The number of ether oxygens (including phenoxy) is 1. The van der Waals surface area contributed by atoms with Gasteiger partial charge in [-0.3, -0.25) is 4.79 Å². The molecule has 2 N–H and O–H groups in total. The number of fused-ring (bicyclic) bond motifs is 3. The summed E-state index contributed by atoms with van der Waals surface area (Å²) in [6.45, 7) is 0.631. The van der Waals surface area contributed by atoms with Crippen molar-refractivity contribution in [1.82, 2.24) is 10.2 Å². The van der Waals surface area contributed by atoms with Crippen LogP contribution in [0, 0.1) is 0 Å². The second-order valence-electron chi connectivity index (χ2n) is 8.31. The minimum Gasteiger partial charge on any atom is -0.480 e. The molecule has 0 spiro atoms. The lowest BCUT2D eigenvalue weighted by Crippen LogP contribution is -2.51. The molecule has 2 amide bonds. The van der Waals surface area contributed by atoms with Gasteiger partial charge in [0, 0.05) is 12.3 Å². The van der Waals surface area contributed by atoms with E-state index in [1.165, 1.54) is 0 Å². The Hall–Kier alpha value is -3.49. The zero-order chi connectivity index (χ0) is 23.8. The first-order valence-electron chi connectivity index (χ1n) is 10.7. The van der Waals surface area contributed by atoms with E-state index in [4.69, 9.17) is 4.74 Å². The number of amides is 2. The summed E-state index contributed by atoms with van der Waals surface area (Å²) in [4.78, 5) is 37.2. The predicted octanol–water partition coefficient (Wildman–Crippen LogP) is 3.62. The molecule has 0 radical (unpaired) electrons. The Morgan fingerprint density at radius 2 is 1.70 bits per heavy atom. The van der Waals surface area contributed by atoms with Crippen molar-refractivity contribution in [3.05, 3.63) is 59.7 Å². The van der Waals surface area contributed by atoms with E-state index in [1.807, 2.05) is 48.5 Å². The van der Waals surface area contributed by atoms with Crippen LogP contribution in [0.15, 0.2) is 48.5 Å². The molecular formula is C24H24F2N2O5. The third kappa shape index (κ3) is 4.40. The highest BCUT2D eigenvalue weighted by Gasteiger charge is 2.51. The Bertz CT molecular complexity index is 1040. The van der Waals surface area contributed by atoms with Crippen molar-refractivity contribution < 1.29 is 33.0 Å². The number of aliphatic carboxylic acids is 1. The van der Waals surface area contributed by atoms with Crippen LogP contribution >= 0.6 is 0 Å². The Morgan fingerprint density at radius 3 is 2.24 bits per heavy atom. The van der Waals surface area contributed by atoms with Crippen LogP contribution in [0.3, 0.4) is 0 Å². The van der Waals surface area contributed by atoms with Crippen LogP contribution in [0.5, 0.6) is 0 Å². The van der Waals surface area contributed by atoms with Gasteiger partial charge in [0.15, 0.2) is 0 Å². The Labute approximate surface area is 189 Å². The van der Waals surface area contributed by atoms with Gasteiger partial charge >= 0.3 is 12.1 Å². The van der Waals surface area contributed by atoms with Crippen molar-refractivity contribution in [1.29, 1.82) is 0 Å². The van der Waals surface area contributed by atoms with E-state index in [2.05, 4.69) is 5.32 Å². The number of carboxylic acid groups (broad SMARTS) is 1. The van der Waals surface area contributed by atoms with Crippen LogP contribution < -0.4 is 5.32 Å². The van der Waals surface area contributed by atoms with Gasteiger partial charge in [0.25, 0.3) is 5.92 Å². The average Bonchev–Trinajstić information content (AvgIpc) is 3.30. The van der Waals surface area contributed by atoms with Crippen molar-refractivity contribution in [2.45, 2.75) is 43.7 Å². The molecule has 2 aromatic carbocycles. The Balaban J connectivity index is 1.42. The second-order valence-corrected chi connectivity index (χ2v) is 8.31. The molecule has 2 aromatic rings. The maximum absolute atomic E-state index is 13.8. The lowest BCUT2D eigenvalue weighted by atomic mass is 9.98. The molecule has 7 nitrogen and oxygen atoms in total. The molecule has 1 heterocycles. The fourth-order valence-electron chi connectivity index (χ4n) is 4.59. The molecular weight excluding hydrogens is 434 g/mol. The largest absolute Gasteiger partial charge is 0.480 e. The topological polar surface area (TPSA) is 95.9 Å². The molecule has 4 rings (SSSR count). The van der Waals surface area contributed by atoms with Crippen LogP contribution in [0.4, 0.5) is 13.6 Å². The molecule has 0 saturated carbocycles. The number of carbonyl (C=O) groups is 3. The molecule has 33 heavy (non-hydrogen) atoms. The van der Waals surface area contributed by atoms with E-state index < -0.39 is 48.9 Å². The van der Waals surface area contributed by atoms with Gasteiger partial charge in [-0.25, -0.2) is 18.4 Å². The molecule has 2 atom stereocenters. The maximum atomic E-state index is 13.8. The van der Waals surface area contributed by atoms with Crippen molar-refractivity contribution in [3.8, 4) is 11.1 Å². The molecule has 9 heteroatoms. The molecule has 174 valence electrons. The van der Waals surface area contributed by atoms with Crippen LogP contribution in [-0.4, -0.2) is 59.1 Å². The van der Waals surface area contributed by atoms with Crippen molar-refractivity contribution in [2.75, 3.05) is 13.2 Å². The van der Waals surface area contributed by atoms with Crippen LogP contribution in [0.2, 0.25) is 0 Å². The van der Waals surface area contributed by atoms with E-state index in [0.717, 1.165) is 22.3 Å². The molecule has 0 unspecified atom stereocenters. The first-order valence-corrected chi connectivity index (χ1v) is 10.7. The predicted molar refractivity (Wildman–Crippen MR) is 115 cm³/mol.